The van der Waals surface area contributed by atoms with E-state index in [1.54, 1.807) is 24.3 Å². The summed E-state index contributed by atoms with van der Waals surface area (Å²) in [6.07, 6.45) is 16.3. The summed E-state index contributed by atoms with van der Waals surface area (Å²) in [4.78, 5) is 30.2. The van der Waals surface area contributed by atoms with E-state index in [2.05, 4.69) is 23.6 Å². The molecule has 1 atom stereocenters. The molecule has 1 aliphatic rings. The summed E-state index contributed by atoms with van der Waals surface area (Å²) in [6.45, 7) is 11.8. The van der Waals surface area contributed by atoms with Gasteiger partial charge in [-0.2, -0.15) is 0 Å². The number of benzene rings is 2. The average molecular weight is 579 g/mol. The summed E-state index contributed by atoms with van der Waals surface area (Å²) in [5.74, 6) is -0.353. The fourth-order valence-corrected chi connectivity index (χ4v) is 5.50. The highest BCUT2D eigenvalue weighted by molar-refractivity contribution is 5.92. The van der Waals surface area contributed by atoms with Crippen LogP contribution in [0.15, 0.2) is 48.5 Å². The number of carbonyl (C=O) groups is 2. The second-order valence-electron chi connectivity index (χ2n) is 11.8. The van der Waals surface area contributed by atoms with Gasteiger partial charge in [-0.15, -0.1) is 0 Å². The Kier molecular flexibility index (Phi) is 15.5. The lowest BCUT2D eigenvalue weighted by Gasteiger charge is -2.36. The van der Waals surface area contributed by atoms with Crippen LogP contribution in [0.4, 0.5) is 5.69 Å². The van der Waals surface area contributed by atoms with Gasteiger partial charge in [0.2, 0.25) is 0 Å². The number of piperazine rings is 1. The van der Waals surface area contributed by atoms with Gasteiger partial charge in [-0.25, -0.2) is 9.59 Å². The minimum Gasteiger partial charge on any atom is -0.459 e. The van der Waals surface area contributed by atoms with Crippen molar-refractivity contribution in [3.63, 3.8) is 0 Å². The Labute approximate surface area is 254 Å². The van der Waals surface area contributed by atoms with Crippen LogP contribution in [0, 0.1) is 0 Å². The molecular formula is C36H54N2O4. The molecule has 2 aromatic carbocycles. The van der Waals surface area contributed by atoms with E-state index in [1.165, 1.54) is 70.8 Å². The Hall–Kier alpha value is -2.86. The van der Waals surface area contributed by atoms with Gasteiger partial charge in [-0.1, -0.05) is 78.1 Å². The smallest absolute Gasteiger partial charge is 0.343 e. The third-order valence-electron chi connectivity index (χ3n) is 8.24. The highest BCUT2D eigenvalue weighted by atomic mass is 16.5. The van der Waals surface area contributed by atoms with Crippen LogP contribution in [0.3, 0.4) is 0 Å². The Bertz CT molecular complexity index is 1030. The fraction of sp³-hybridized carbons (Fsp3) is 0.611. The lowest BCUT2D eigenvalue weighted by Crippen LogP contribution is -2.46. The molecule has 232 valence electrons. The zero-order valence-electron chi connectivity index (χ0n) is 26.5. The zero-order chi connectivity index (χ0) is 30.0. The van der Waals surface area contributed by atoms with E-state index >= 15 is 0 Å². The third-order valence-corrected chi connectivity index (χ3v) is 8.24. The van der Waals surface area contributed by atoms with E-state index in [4.69, 9.17) is 9.47 Å². The van der Waals surface area contributed by atoms with Crippen molar-refractivity contribution in [2.75, 3.05) is 37.6 Å². The van der Waals surface area contributed by atoms with Gasteiger partial charge >= 0.3 is 11.9 Å². The largest absolute Gasteiger partial charge is 0.459 e. The highest BCUT2D eigenvalue weighted by Gasteiger charge is 2.18. The molecule has 0 bridgehead atoms. The van der Waals surface area contributed by atoms with Crippen LogP contribution >= 0.6 is 0 Å². The molecule has 0 N–H and O–H groups in total. The number of rotatable bonds is 19. The maximum atomic E-state index is 12.7. The maximum absolute atomic E-state index is 12.7. The molecule has 0 unspecified atom stereocenters. The summed E-state index contributed by atoms with van der Waals surface area (Å²) in [6, 6.07) is 14.2. The quantitative estimate of drug-likeness (QED) is 0.0944. The molecule has 0 amide bonds. The van der Waals surface area contributed by atoms with Crippen molar-refractivity contribution in [1.29, 1.82) is 0 Å². The number of nitrogens with zero attached hydrogens (tertiary/aromatic N) is 2. The lowest BCUT2D eigenvalue weighted by atomic mass is 10.1. The molecule has 1 heterocycles. The van der Waals surface area contributed by atoms with Crippen LogP contribution in [-0.4, -0.2) is 55.7 Å². The van der Waals surface area contributed by atoms with Crippen LogP contribution in [0.1, 0.15) is 125 Å². The summed E-state index contributed by atoms with van der Waals surface area (Å²) >= 11 is 0. The number of anilines is 1. The van der Waals surface area contributed by atoms with Crippen molar-refractivity contribution >= 4 is 17.6 Å². The molecular weight excluding hydrogens is 524 g/mol. The summed E-state index contributed by atoms with van der Waals surface area (Å²) in [5, 5.41) is 0. The second-order valence-corrected chi connectivity index (χ2v) is 11.8. The predicted octanol–water partition coefficient (Wildman–Crippen LogP) is 8.68. The van der Waals surface area contributed by atoms with Gasteiger partial charge in [-0.05, 0) is 81.3 Å². The normalized spacial score (nSPS) is 14.5. The summed E-state index contributed by atoms with van der Waals surface area (Å²) in [7, 11) is 0. The predicted molar refractivity (Wildman–Crippen MR) is 173 cm³/mol. The standard InChI is InChI=1S/C36H54N2O4/c1-4-6-8-10-11-12-13-15-25-37-26-28-38(29-27-37)33-21-17-31(18-22-33)36(40)42-34-23-19-32(20-24-34)35(39)41-30(3)16-14-9-7-5-2/h17-24,30H,4-16,25-29H2,1-3H3/t30-/m1/s1. The van der Waals surface area contributed by atoms with Crippen molar-refractivity contribution in [1.82, 2.24) is 4.90 Å². The van der Waals surface area contributed by atoms with Gasteiger partial charge < -0.3 is 14.4 Å². The van der Waals surface area contributed by atoms with Gasteiger partial charge in [0.1, 0.15) is 5.75 Å². The fourth-order valence-electron chi connectivity index (χ4n) is 5.50. The minimum absolute atomic E-state index is 0.113. The molecule has 1 aliphatic heterocycles. The molecule has 6 heteroatoms. The number of esters is 2. The number of unbranched alkanes of at least 4 members (excludes halogenated alkanes) is 10. The SMILES string of the molecule is CCCCCCCCCCN1CCN(c2ccc(C(=O)Oc3ccc(C(=O)O[C@H](C)CCCCCC)cc3)cc2)CC1. The Morgan fingerprint density at radius 3 is 1.81 bits per heavy atom. The number of ether oxygens (including phenoxy) is 2. The number of hydrogen-bond donors (Lipinski definition) is 0. The lowest BCUT2D eigenvalue weighted by molar-refractivity contribution is 0.0319. The molecule has 0 radical (unpaired) electrons. The first-order valence-electron chi connectivity index (χ1n) is 16.6. The summed E-state index contributed by atoms with van der Waals surface area (Å²) in [5.41, 5.74) is 2.10. The molecule has 2 aromatic rings. The first-order valence-corrected chi connectivity index (χ1v) is 16.6. The topological polar surface area (TPSA) is 59.1 Å². The molecule has 42 heavy (non-hydrogen) atoms. The highest BCUT2D eigenvalue weighted by Crippen LogP contribution is 2.20. The van der Waals surface area contributed by atoms with Crippen LogP contribution in [0.5, 0.6) is 5.75 Å². The van der Waals surface area contributed by atoms with Gasteiger partial charge in [-0.3, -0.25) is 4.90 Å². The first-order chi connectivity index (χ1) is 20.5. The van der Waals surface area contributed by atoms with Crippen molar-refractivity contribution in [3.8, 4) is 5.75 Å². The van der Waals surface area contributed by atoms with Crippen molar-refractivity contribution in [2.24, 2.45) is 0 Å². The molecule has 0 aliphatic carbocycles. The molecule has 0 saturated carbocycles. The third kappa shape index (κ3) is 12.2. The Balaban J connectivity index is 1.35. The van der Waals surface area contributed by atoms with E-state index in [0.717, 1.165) is 51.1 Å². The molecule has 3 rings (SSSR count). The van der Waals surface area contributed by atoms with Crippen LogP contribution in [-0.2, 0) is 4.74 Å². The van der Waals surface area contributed by atoms with E-state index in [1.807, 2.05) is 31.2 Å². The van der Waals surface area contributed by atoms with E-state index in [-0.39, 0.29) is 12.1 Å². The van der Waals surface area contributed by atoms with Crippen LogP contribution < -0.4 is 9.64 Å². The zero-order valence-corrected chi connectivity index (χ0v) is 26.5. The van der Waals surface area contributed by atoms with Crippen LogP contribution in [0.2, 0.25) is 0 Å². The Morgan fingerprint density at radius 2 is 1.19 bits per heavy atom. The molecule has 0 spiro atoms. The first kappa shape index (κ1) is 33.6. The monoisotopic (exact) mass is 578 g/mol. The molecule has 6 nitrogen and oxygen atoms in total. The molecule has 0 aromatic heterocycles. The van der Waals surface area contributed by atoms with Crippen molar-refractivity contribution in [3.05, 3.63) is 59.7 Å². The number of hydrogen-bond acceptors (Lipinski definition) is 6. The maximum Gasteiger partial charge on any atom is 0.343 e. The minimum atomic E-state index is -0.409. The molecule has 1 saturated heterocycles. The van der Waals surface area contributed by atoms with Gasteiger partial charge in [0.25, 0.3) is 0 Å². The summed E-state index contributed by atoms with van der Waals surface area (Å²) < 4.78 is 11.1. The van der Waals surface area contributed by atoms with Crippen molar-refractivity contribution in [2.45, 2.75) is 110 Å². The molecule has 1 fully saturated rings. The average Bonchev–Trinajstić information content (AvgIpc) is 3.01. The van der Waals surface area contributed by atoms with Gasteiger partial charge in [0, 0.05) is 31.9 Å². The van der Waals surface area contributed by atoms with Gasteiger partial charge in [0.05, 0.1) is 17.2 Å². The second kappa shape index (κ2) is 19.4. The van der Waals surface area contributed by atoms with E-state index in [9.17, 15) is 9.59 Å². The van der Waals surface area contributed by atoms with Gasteiger partial charge in [0.15, 0.2) is 0 Å². The Morgan fingerprint density at radius 1 is 0.667 bits per heavy atom. The van der Waals surface area contributed by atoms with Crippen LogP contribution in [0.25, 0.3) is 0 Å². The van der Waals surface area contributed by atoms with E-state index < -0.39 is 5.97 Å². The van der Waals surface area contributed by atoms with Crippen molar-refractivity contribution < 1.29 is 19.1 Å². The van der Waals surface area contributed by atoms with E-state index in [0.29, 0.717) is 16.9 Å². The number of carbonyl (C=O) groups excluding carboxylic acids is 2.